The maximum Gasteiger partial charge on any atom is 0.344 e. The predicted molar refractivity (Wildman–Crippen MR) is 55.1 cm³/mol. The van der Waals surface area contributed by atoms with Gasteiger partial charge in [0.25, 0.3) is 0 Å². The molecule has 1 N–H and O–H groups in total. The number of esters is 1. The Morgan fingerprint density at radius 3 is 2.42 bits per heavy atom. The zero-order chi connectivity index (χ0) is 9.56. The van der Waals surface area contributed by atoms with E-state index in [4.69, 9.17) is 9.84 Å². The predicted octanol–water partition coefficient (Wildman–Crippen LogP) is 1.64. The first-order chi connectivity index (χ1) is 5.67. The molecule has 3 nitrogen and oxygen atoms in total. The van der Waals surface area contributed by atoms with Crippen LogP contribution in [0.1, 0.15) is 20.3 Å². The topological polar surface area (TPSA) is 46.5 Å². The molecule has 70 valence electrons. The highest BCUT2D eigenvalue weighted by Crippen LogP contribution is 2.16. The lowest BCUT2D eigenvalue weighted by Gasteiger charge is -2.04. The molecular formula is C8H13IO3. The third-order valence-corrected chi connectivity index (χ3v) is 2.59. The Kier molecular flexibility index (Phi) is 6.37. The number of aliphatic hydroxyl groups is 1. The van der Waals surface area contributed by atoms with Gasteiger partial charge in [-0.2, -0.15) is 0 Å². The van der Waals surface area contributed by atoms with E-state index < -0.39 is 0 Å². The Morgan fingerprint density at radius 2 is 2.08 bits per heavy atom. The first-order valence-electron chi connectivity index (χ1n) is 3.82. The largest absolute Gasteiger partial charge is 0.462 e. The molecular weight excluding hydrogens is 271 g/mol. The molecule has 0 aromatic rings. The second-order valence-corrected chi connectivity index (χ2v) is 3.23. The molecule has 0 aromatic carbocycles. The second-order valence-electron chi connectivity index (χ2n) is 2.15. The highest BCUT2D eigenvalue weighted by Gasteiger charge is 2.10. The van der Waals surface area contributed by atoms with Crippen LogP contribution in [0.3, 0.4) is 0 Å². The van der Waals surface area contributed by atoms with Crippen LogP contribution in [-0.4, -0.2) is 24.3 Å². The molecule has 0 aliphatic heterocycles. The van der Waals surface area contributed by atoms with E-state index in [1.54, 1.807) is 6.92 Å². The van der Waals surface area contributed by atoms with Gasteiger partial charge in [0.05, 0.1) is 16.8 Å². The molecule has 0 rings (SSSR count). The van der Waals surface area contributed by atoms with Crippen LogP contribution in [0.15, 0.2) is 9.15 Å². The van der Waals surface area contributed by atoms with Crippen LogP contribution < -0.4 is 0 Å². The Morgan fingerprint density at radius 1 is 1.50 bits per heavy atom. The standard InChI is InChI=1S/C8H13IO3/c1-3-6(5-10)7(9)8(11)12-4-2/h10H,3-5H2,1-2H3/b7-6-. The van der Waals surface area contributed by atoms with Crippen LogP contribution in [0.5, 0.6) is 0 Å². The molecule has 4 heteroatoms. The number of rotatable bonds is 4. The van der Waals surface area contributed by atoms with Crippen LogP contribution in [-0.2, 0) is 9.53 Å². The van der Waals surface area contributed by atoms with Crippen molar-refractivity contribution in [2.45, 2.75) is 20.3 Å². The van der Waals surface area contributed by atoms with Crippen molar-refractivity contribution in [1.82, 2.24) is 0 Å². The molecule has 0 saturated carbocycles. The molecule has 0 aliphatic rings. The van der Waals surface area contributed by atoms with Crippen molar-refractivity contribution in [3.8, 4) is 0 Å². The summed E-state index contributed by atoms with van der Waals surface area (Å²) in [6.07, 6.45) is 0.674. The number of hydrogen-bond acceptors (Lipinski definition) is 3. The van der Waals surface area contributed by atoms with E-state index in [1.807, 2.05) is 29.5 Å². The van der Waals surface area contributed by atoms with Crippen molar-refractivity contribution in [3.05, 3.63) is 9.15 Å². The number of halogens is 1. The molecule has 0 fully saturated rings. The highest BCUT2D eigenvalue weighted by molar-refractivity contribution is 14.1. The van der Waals surface area contributed by atoms with Gasteiger partial charge in [-0.1, -0.05) is 6.92 Å². The Labute approximate surface area is 85.9 Å². The smallest absolute Gasteiger partial charge is 0.344 e. The fourth-order valence-electron chi connectivity index (χ4n) is 0.675. The quantitative estimate of drug-likeness (QED) is 0.485. The Hall–Kier alpha value is -0.100. The average molecular weight is 284 g/mol. The molecule has 0 spiro atoms. The zero-order valence-corrected chi connectivity index (χ0v) is 9.42. The van der Waals surface area contributed by atoms with Crippen molar-refractivity contribution >= 4 is 28.6 Å². The Bertz CT molecular complexity index is 181. The van der Waals surface area contributed by atoms with Crippen molar-refractivity contribution in [3.63, 3.8) is 0 Å². The molecule has 0 unspecified atom stereocenters. The molecule has 0 heterocycles. The van der Waals surface area contributed by atoms with Crippen LogP contribution in [0.2, 0.25) is 0 Å². The molecule has 12 heavy (non-hydrogen) atoms. The van der Waals surface area contributed by atoms with Crippen LogP contribution in [0, 0.1) is 0 Å². The van der Waals surface area contributed by atoms with Gasteiger partial charge in [0.15, 0.2) is 0 Å². The highest BCUT2D eigenvalue weighted by atomic mass is 127. The van der Waals surface area contributed by atoms with E-state index in [9.17, 15) is 4.79 Å². The minimum absolute atomic E-state index is 0.0758. The first kappa shape index (κ1) is 11.9. The van der Waals surface area contributed by atoms with Gasteiger partial charge in [-0.3, -0.25) is 0 Å². The van der Waals surface area contributed by atoms with Gasteiger partial charge in [-0.15, -0.1) is 0 Å². The number of ether oxygens (including phenoxy) is 1. The minimum Gasteiger partial charge on any atom is -0.462 e. The van der Waals surface area contributed by atoms with Gasteiger partial charge < -0.3 is 9.84 Å². The fourth-order valence-corrected chi connectivity index (χ4v) is 1.38. The number of carbonyl (C=O) groups is 1. The Balaban J connectivity index is 4.39. The SMILES string of the molecule is CCOC(=O)/C(I)=C(\CC)CO. The number of carbonyl (C=O) groups excluding carboxylic acids is 1. The third kappa shape index (κ3) is 3.53. The second kappa shape index (κ2) is 6.42. The first-order valence-corrected chi connectivity index (χ1v) is 4.90. The van der Waals surface area contributed by atoms with Crippen LogP contribution >= 0.6 is 22.6 Å². The van der Waals surface area contributed by atoms with E-state index in [1.165, 1.54) is 0 Å². The minimum atomic E-state index is -0.344. The number of hydrogen-bond donors (Lipinski definition) is 1. The summed E-state index contributed by atoms with van der Waals surface area (Å²) < 4.78 is 5.27. The summed E-state index contributed by atoms with van der Waals surface area (Å²) in [5.74, 6) is -0.344. The maximum atomic E-state index is 11.1. The van der Waals surface area contributed by atoms with Gasteiger partial charge in [0, 0.05) is 0 Å². The normalized spacial score (nSPS) is 12.3. The third-order valence-electron chi connectivity index (χ3n) is 1.38. The molecule has 0 bridgehead atoms. The van der Waals surface area contributed by atoms with Gasteiger partial charge in [0.1, 0.15) is 0 Å². The van der Waals surface area contributed by atoms with E-state index in [-0.39, 0.29) is 12.6 Å². The summed E-state index contributed by atoms with van der Waals surface area (Å²) in [6, 6.07) is 0. The summed E-state index contributed by atoms with van der Waals surface area (Å²) >= 11 is 1.90. The molecule has 0 aromatic heterocycles. The molecule has 0 atom stereocenters. The van der Waals surface area contributed by atoms with Gasteiger partial charge in [0.2, 0.25) is 0 Å². The lowest BCUT2D eigenvalue weighted by Crippen LogP contribution is -2.07. The van der Waals surface area contributed by atoms with Crippen LogP contribution in [0.4, 0.5) is 0 Å². The lowest BCUT2D eigenvalue weighted by molar-refractivity contribution is -0.137. The summed E-state index contributed by atoms with van der Waals surface area (Å²) in [5.41, 5.74) is 0.731. The monoisotopic (exact) mass is 284 g/mol. The molecule has 0 amide bonds. The van der Waals surface area contributed by atoms with Crippen molar-refractivity contribution in [2.24, 2.45) is 0 Å². The fraction of sp³-hybridized carbons (Fsp3) is 0.625. The van der Waals surface area contributed by atoms with E-state index >= 15 is 0 Å². The summed E-state index contributed by atoms with van der Waals surface area (Å²) in [7, 11) is 0. The maximum absolute atomic E-state index is 11.1. The summed E-state index contributed by atoms with van der Waals surface area (Å²) in [4.78, 5) is 11.1. The van der Waals surface area contributed by atoms with Gasteiger partial charge >= 0.3 is 5.97 Å². The number of aliphatic hydroxyl groups excluding tert-OH is 1. The molecule has 0 radical (unpaired) electrons. The van der Waals surface area contributed by atoms with Crippen molar-refractivity contribution in [2.75, 3.05) is 13.2 Å². The van der Waals surface area contributed by atoms with Gasteiger partial charge in [-0.05, 0) is 41.5 Å². The average Bonchev–Trinajstić information content (AvgIpc) is 2.07. The van der Waals surface area contributed by atoms with E-state index in [0.717, 1.165) is 5.57 Å². The van der Waals surface area contributed by atoms with E-state index in [2.05, 4.69) is 0 Å². The summed E-state index contributed by atoms with van der Waals surface area (Å²) in [6.45, 7) is 3.94. The summed E-state index contributed by atoms with van der Waals surface area (Å²) in [5, 5.41) is 8.84. The van der Waals surface area contributed by atoms with Crippen LogP contribution in [0.25, 0.3) is 0 Å². The lowest BCUT2D eigenvalue weighted by atomic mass is 10.2. The van der Waals surface area contributed by atoms with Crippen molar-refractivity contribution < 1.29 is 14.6 Å². The van der Waals surface area contributed by atoms with Crippen molar-refractivity contribution in [1.29, 1.82) is 0 Å². The molecule has 0 saturated heterocycles. The van der Waals surface area contributed by atoms with Gasteiger partial charge in [-0.25, -0.2) is 4.79 Å². The molecule has 0 aliphatic carbocycles. The van der Waals surface area contributed by atoms with E-state index in [0.29, 0.717) is 16.6 Å². The zero-order valence-electron chi connectivity index (χ0n) is 7.26.